The molecule has 0 spiro atoms. The van der Waals surface area contributed by atoms with Gasteiger partial charge in [0.1, 0.15) is 16.7 Å². The van der Waals surface area contributed by atoms with Crippen molar-refractivity contribution in [3.05, 3.63) is 210 Å². The van der Waals surface area contributed by atoms with Crippen molar-refractivity contribution < 1.29 is 8.83 Å². The predicted octanol–water partition coefficient (Wildman–Crippen LogP) is 17.6. The highest BCUT2D eigenvalue weighted by Gasteiger charge is 2.29. The van der Waals surface area contributed by atoms with E-state index in [2.05, 4.69) is 228 Å². The lowest BCUT2D eigenvalue weighted by Gasteiger charge is -2.28. The Bertz CT molecular complexity index is 3500. The zero-order chi connectivity index (χ0) is 43.5. The monoisotopic (exact) mass is 827 g/mol. The van der Waals surface area contributed by atoms with E-state index in [1.54, 1.807) is 0 Å². The van der Waals surface area contributed by atoms with Gasteiger partial charge in [-0.2, -0.15) is 0 Å². The van der Waals surface area contributed by atoms with Gasteiger partial charge in [-0.3, -0.25) is 0 Å². The van der Waals surface area contributed by atoms with E-state index in [4.69, 9.17) is 8.83 Å². The SMILES string of the molecule is CC(C)(C)c1cccc2c1oc1c(C(c3ccccc3)c3ccc4ccc5c(N(c6ccccc6)c6cccc7c6oc6c(C(C)(C)C)cccc67)ccc6ccc3c4c65)cccc12. The zero-order valence-electron chi connectivity index (χ0n) is 37.2. The van der Waals surface area contributed by atoms with Gasteiger partial charge in [0.15, 0.2) is 5.58 Å². The number of anilines is 3. The third kappa shape index (κ3) is 5.80. The van der Waals surface area contributed by atoms with E-state index in [0.29, 0.717) is 0 Å². The first-order valence-electron chi connectivity index (χ1n) is 22.5. The molecule has 12 aromatic rings. The van der Waals surface area contributed by atoms with E-state index in [1.165, 1.54) is 60.1 Å². The van der Waals surface area contributed by atoms with Crippen LogP contribution in [0.1, 0.15) is 75.3 Å². The lowest BCUT2D eigenvalue weighted by atomic mass is 9.80. The Morgan fingerprint density at radius 1 is 0.359 bits per heavy atom. The minimum atomic E-state index is -0.0860. The molecule has 1 unspecified atom stereocenters. The maximum atomic E-state index is 7.08. The van der Waals surface area contributed by atoms with Gasteiger partial charge in [-0.15, -0.1) is 0 Å². The summed E-state index contributed by atoms with van der Waals surface area (Å²) in [6.07, 6.45) is 0. The van der Waals surface area contributed by atoms with Crippen LogP contribution in [-0.2, 0) is 10.8 Å². The molecule has 12 rings (SSSR count). The maximum absolute atomic E-state index is 7.08. The van der Waals surface area contributed by atoms with E-state index in [1.807, 2.05) is 0 Å². The summed E-state index contributed by atoms with van der Waals surface area (Å²) in [6, 6.07) is 66.7. The normalized spacial score (nSPS) is 13.1. The third-order valence-corrected chi connectivity index (χ3v) is 13.6. The molecule has 2 heterocycles. The van der Waals surface area contributed by atoms with Crippen LogP contribution in [0.4, 0.5) is 17.1 Å². The molecule has 1 atom stereocenters. The van der Waals surface area contributed by atoms with Crippen molar-refractivity contribution in [1.29, 1.82) is 0 Å². The van der Waals surface area contributed by atoms with Crippen LogP contribution in [0, 0.1) is 0 Å². The first kappa shape index (κ1) is 38.3. The van der Waals surface area contributed by atoms with Crippen LogP contribution in [-0.4, -0.2) is 0 Å². The fourth-order valence-corrected chi connectivity index (χ4v) is 10.6. The summed E-state index contributed by atoms with van der Waals surface area (Å²) >= 11 is 0. The van der Waals surface area contributed by atoms with Crippen molar-refractivity contribution in [2.45, 2.75) is 58.3 Å². The zero-order valence-corrected chi connectivity index (χ0v) is 37.2. The van der Waals surface area contributed by atoms with Crippen LogP contribution < -0.4 is 4.90 Å². The van der Waals surface area contributed by atoms with Gasteiger partial charge in [0.2, 0.25) is 0 Å². The van der Waals surface area contributed by atoms with Crippen LogP contribution >= 0.6 is 0 Å². The molecule has 0 radical (unpaired) electrons. The van der Waals surface area contributed by atoms with Crippen LogP contribution in [0.5, 0.6) is 0 Å². The van der Waals surface area contributed by atoms with Gasteiger partial charge in [-0.1, -0.05) is 199 Å². The standard InChI is InChI=1S/C61H49NO2/c1-60(2,3)49-26-14-22-44-43-21-13-25-48(56(43)63-57(44)49)53(37-17-9-7-10-18-37)41-33-29-38-31-35-47-51(36-32-39-30-34-42(41)54(38)55(39)47)62(40-19-11-8-12-20-40)52-28-16-24-46-45-23-15-27-50(61(4,5)6)58(45)64-59(46)52/h7-36,53H,1-6H3. The minimum Gasteiger partial charge on any atom is -0.455 e. The number of benzene rings is 10. The van der Waals surface area contributed by atoms with Gasteiger partial charge < -0.3 is 13.7 Å². The Labute approximate surface area is 373 Å². The number of furan rings is 2. The Hall–Kier alpha value is -7.36. The van der Waals surface area contributed by atoms with Gasteiger partial charge in [0, 0.05) is 55.2 Å². The van der Waals surface area contributed by atoms with Crippen LogP contribution in [0.25, 0.3) is 76.2 Å². The smallest absolute Gasteiger partial charge is 0.159 e. The lowest BCUT2D eigenvalue weighted by molar-refractivity contribution is 0.571. The molecule has 3 nitrogen and oxygen atoms in total. The number of para-hydroxylation sites is 5. The Kier molecular flexibility index (Phi) is 8.43. The van der Waals surface area contributed by atoms with Crippen LogP contribution in [0.3, 0.4) is 0 Å². The van der Waals surface area contributed by atoms with Gasteiger partial charge in [-0.25, -0.2) is 0 Å². The number of nitrogens with zero attached hydrogens (tertiary/aromatic N) is 1. The summed E-state index contributed by atoms with van der Waals surface area (Å²) < 4.78 is 14.1. The summed E-state index contributed by atoms with van der Waals surface area (Å²) in [5, 5.41) is 12.0. The van der Waals surface area contributed by atoms with Gasteiger partial charge in [0.05, 0.1) is 11.4 Å². The van der Waals surface area contributed by atoms with E-state index >= 15 is 0 Å². The van der Waals surface area contributed by atoms with Crippen molar-refractivity contribution in [2.75, 3.05) is 4.90 Å². The third-order valence-electron chi connectivity index (χ3n) is 13.6. The molecule has 0 bridgehead atoms. The molecule has 310 valence electrons. The average Bonchev–Trinajstić information content (AvgIpc) is 3.89. The van der Waals surface area contributed by atoms with Crippen LogP contribution in [0.2, 0.25) is 0 Å². The van der Waals surface area contributed by atoms with E-state index in [-0.39, 0.29) is 16.7 Å². The number of hydrogen-bond acceptors (Lipinski definition) is 3. The molecule has 0 aliphatic heterocycles. The van der Waals surface area contributed by atoms with Crippen molar-refractivity contribution in [1.82, 2.24) is 0 Å². The quantitative estimate of drug-likeness (QED) is 0.124. The summed E-state index contributed by atoms with van der Waals surface area (Å²) in [6.45, 7) is 13.6. The largest absolute Gasteiger partial charge is 0.455 e. The van der Waals surface area contributed by atoms with Crippen molar-refractivity contribution in [2.24, 2.45) is 0 Å². The lowest BCUT2D eigenvalue weighted by Crippen LogP contribution is -2.11. The van der Waals surface area contributed by atoms with Gasteiger partial charge in [0.25, 0.3) is 0 Å². The molecule has 0 saturated heterocycles. The summed E-state index contributed by atoms with van der Waals surface area (Å²) in [5.74, 6) is -0.0860. The Balaban J connectivity index is 1.12. The average molecular weight is 828 g/mol. The highest BCUT2D eigenvalue weighted by Crippen LogP contribution is 2.50. The van der Waals surface area contributed by atoms with E-state index in [9.17, 15) is 0 Å². The summed E-state index contributed by atoms with van der Waals surface area (Å²) in [7, 11) is 0. The first-order valence-corrected chi connectivity index (χ1v) is 22.5. The minimum absolute atomic E-state index is 0.0677. The number of hydrogen-bond donors (Lipinski definition) is 0. The Morgan fingerprint density at radius 3 is 1.50 bits per heavy atom. The summed E-state index contributed by atoms with van der Waals surface area (Å²) in [5.41, 5.74) is 12.9. The molecule has 0 N–H and O–H groups in total. The topological polar surface area (TPSA) is 29.5 Å². The first-order chi connectivity index (χ1) is 31.0. The summed E-state index contributed by atoms with van der Waals surface area (Å²) in [4.78, 5) is 2.40. The van der Waals surface area contributed by atoms with Crippen molar-refractivity contribution in [3.63, 3.8) is 0 Å². The molecule has 0 fully saturated rings. The highest BCUT2D eigenvalue weighted by atomic mass is 16.3. The highest BCUT2D eigenvalue weighted by molar-refractivity contribution is 6.27. The van der Waals surface area contributed by atoms with Crippen molar-refractivity contribution >= 4 is 93.3 Å². The molecule has 10 aromatic carbocycles. The predicted molar refractivity (Wildman–Crippen MR) is 271 cm³/mol. The molecule has 3 heteroatoms. The molecular weight excluding hydrogens is 779 g/mol. The number of fused-ring (bicyclic) bond motifs is 6. The second kappa shape index (κ2) is 14.1. The fraction of sp³-hybridized carbons (Fsp3) is 0.148. The maximum Gasteiger partial charge on any atom is 0.159 e. The second-order valence-corrected chi connectivity index (χ2v) is 19.6. The van der Waals surface area contributed by atoms with Gasteiger partial charge >= 0.3 is 0 Å². The molecule has 64 heavy (non-hydrogen) atoms. The molecular formula is C61H49NO2. The second-order valence-electron chi connectivity index (χ2n) is 19.6. The number of rotatable bonds is 6. The van der Waals surface area contributed by atoms with Crippen LogP contribution in [0.15, 0.2) is 191 Å². The molecule has 0 saturated carbocycles. The molecule has 0 aliphatic rings. The van der Waals surface area contributed by atoms with Crippen molar-refractivity contribution in [3.8, 4) is 0 Å². The Morgan fingerprint density at radius 2 is 0.859 bits per heavy atom. The molecule has 0 aliphatic carbocycles. The van der Waals surface area contributed by atoms with Gasteiger partial charge in [-0.05, 0) is 73.2 Å². The fourth-order valence-electron chi connectivity index (χ4n) is 10.6. The molecule has 2 aromatic heterocycles. The van der Waals surface area contributed by atoms with E-state index in [0.717, 1.165) is 60.9 Å². The van der Waals surface area contributed by atoms with E-state index < -0.39 is 0 Å². The molecule has 0 amide bonds.